The van der Waals surface area contributed by atoms with Crippen molar-refractivity contribution in [1.29, 1.82) is 0 Å². The largest absolute Gasteiger partial charge is 0.492 e. The van der Waals surface area contributed by atoms with Gasteiger partial charge < -0.3 is 15.2 Å². The van der Waals surface area contributed by atoms with E-state index in [0.29, 0.717) is 12.5 Å². The third kappa shape index (κ3) is 3.44. The van der Waals surface area contributed by atoms with Gasteiger partial charge in [-0.15, -0.1) is 0 Å². The van der Waals surface area contributed by atoms with Gasteiger partial charge in [-0.2, -0.15) is 0 Å². The molecule has 17 heavy (non-hydrogen) atoms. The van der Waals surface area contributed by atoms with Crippen molar-refractivity contribution in [3.8, 4) is 5.75 Å². The molecule has 1 saturated heterocycles. The molecule has 2 rings (SSSR count). The fraction of sp³-hybridized carbons (Fsp3) is 0.538. The summed E-state index contributed by atoms with van der Waals surface area (Å²) in [4.78, 5) is 0. The molecule has 0 aliphatic carbocycles. The Labute approximate surface area is 110 Å². The van der Waals surface area contributed by atoms with Crippen LogP contribution in [0.4, 0.5) is 0 Å². The van der Waals surface area contributed by atoms with Crippen LogP contribution in [0, 0.1) is 5.92 Å². The highest BCUT2D eigenvalue weighted by molar-refractivity contribution is 9.10. The molecule has 1 atom stereocenters. The first-order chi connectivity index (χ1) is 8.31. The highest BCUT2D eigenvalue weighted by Crippen LogP contribution is 2.30. The van der Waals surface area contributed by atoms with Gasteiger partial charge in [0.05, 0.1) is 17.7 Å². The molecule has 1 aliphatic heterocycles. The van der Waals surface area contributed by atoms with E-state index in [9.17, 15) is 0 Å². The maximum absolute atomic E-state index is 5.92. The minimum absolute atomic E-state index is 0.521. The molecule has 0 amide bonds. The molecule has 2 N–H and O–H groups in total. The summed E-state index contributed by atoms with van der Waals surface area (Å²) < 4.78 is 12.3. The summed E-state index contributed by atoms with van der Waals surface area (Å²) in [5.41, 5.74) is 6.77. The van der Waals surface area contributed by atoms with E-state index in [-0.39, 0.29) is 0 Å². The van der Waals surface area contributed by atoms with Crippen LogP contribution in [0.25, 0.3) is 0 Å². The number of hydrogen-bond acceptors (Lipinski definition) is 3. The first kappa shape index (κ1) is 12.9. The lowest BCUT2D eigenvalue weighted by atomic mass is 10.1. The number of ether oxygens (including phenoxy) is 2. The monoisotopic (exact) mass is 299 g/mol. The first-order valence-electron chi connectivity index (χ1n) is 5.99. The van der Waals surface area contributed by atoms with Crippen molar-refractivity contribution >= 4 is 15.9 Å². The standard InChI is InChI=1S/C13H18BrNO2/c14-12-3-1-2-11(4-6-15)13(12)17-9-10-5-7-16-8-10/h1-3,10H,4-9,15H2. The van der Waals surface area contributed by atoms with Gasteiger partial charge in [0.2, 0.25) is 0 Å². The van der Waals surface area contributed by atoms with Gasteiger partial charge in [0, 0.05) is 12.5 Å². The fourth-order valence-corrected chi connectivity index (χ4v) is 2.51. The molecular weight excluding hydrogens is 282 g/mol. The van der Waals surface area contributed by atoms with Crippen molar-refractivity contribution in [2.24, 2.45) is 11.7 Å². The number of hydrogen-bond donors (Lipinski definition) is 1. The number of halogens is 1. The van der Waals surface area contributed by atoms with E-state index >= 15 is 0 Å². The van der Waals surface area contributed by atoms with E-state index in [1.807, 2.05) is 12.1 Å². The summed E-state index contributed by atoms with van der Waals surface area (Å²) in [5.74, 6) is 1.46. The van der Waals surface area contributed by atoms with Crippen molar-refractivity contribution in [3.63, 3.8) is 0 Å². The summed E-state index contributed by atoms with van der Waals surface area (Å²) >= 11 is 3.53. The van der Waals surface area contributed by atoms with Gasteiger partial charge in [-0.3, -0.25) is 0 Å². The van der Waals surface area contributed by atoms with Crippen molar-refractivity contribution in [1.82, 2.24) is 0 Å². The van der Waals surface area contributed by atoms with Crippen molar-refractivity contribution in [2.75, 3.05) is 26.4 Å². The van der Waals surface area contributed by atoms with Gasteiger partial charge >= 0.3 is 0 Å². The minimum Gasteiger partial charge on any atom is -0.492 e. The number of nitrogens with two attached hydrogens (primary N) is 1. The highest BCUT2D eigenvalue weighted by atomic mass is 79.9. The Bertz CT molecular complexity index is 364. The number of para-hydroxylation sites is 1. The molecule has 1 unspecified atom stereocenters. The van der Waals surface area contributed by atoms with E-state index < -0.39 is 0 Å². The van der Waals surface area contributed by atoms with Crippen LogP contribution in [0.1, 0.15) is 12.0 Å². The van der Waals surface area contributed by atoms with E-state index in [2.05, 4.69) is 22.0 Å². The SMILES string of the molecule is NCCc1cccc(Br)c1OCC1CCOC1. The molecule has 1 heterocycles. The van der Waals surface area contributed by atoms with Gasteiger partial charge in [-0.25, -0.2) is 0 Å². The zero-order valence-corrected chi connectivity index (χ0v) is 11.4. The van der Waals surface area contributed by atoms with Gasteiger partial charge in [0.15, 0.2) is 0 Å². The molecule has 3 nitrogen and oxygen atoms in total. The number of benzene rings is 1. The Morgan fingerprint density at radius 1 is 1.47 bits per heavy atom. The second kappa shape index (κ2) is 6.38. The van der Waals surface area contributed by atoms with Crippen molar-refractivity contribution < 1.29 is 9.47 Å². The maximum Gasteiger partial charge on any atom is 0.136 e. The predicted molar refractivity (Wildman–Crippen MR) is 71.3 cm³/mol. The molecule has 4 heteroatoms. The third-order valence-electron chi connectivity index (χ3n) is 2.95. The summed E-state index contributed by atoms with van der Waals surface area (Å²) in [6, 6.07) is 6.08. The Kier molecular flexibility index (Phi) is 4.83. The summed E-state index contributed by atoms with van der Waals surface area (Å²) in [7, 11) is 0. The summed E-state index contributed by atoms with van der Waals surface area (Å²) in [6.45, 7) is 3.04. The molecular formula is C13H18BrNO2. The molecule has 0 saturated carbocycles. The lowest BCUT2D eigenvalue weighted by Gasteiger charge is -2.15. The second-order valence-electron chi connectivity index (χ2n) is 4.31. The summed E-state index contributed by atoms with van der Waals surface area (Å²) in [6.07, 6.45) is 1.94. The van der Waals surface area contributed by atoms with Gasteiger partial charge in [0.1, 0.15) is 5.75 Å². The Morgan fingerprint density at radius 3 is 3.06 bits per heavy atom. The van der Waals surface area contributed by atoms with Gasteiger partial charge in [-0.05, 0) is 46.9 Å². The van der Waals surface area contributed by atoms with Crippen LogP contribution in [0.15, 0.2) is 22.7 Å². The molecule has 1 aromatic rings. The molecule has 1 aromatic carbocycles. The van der Waals surface area contributed by atoms with Crippen LogP contribution in [-0.4, -0.2) is 26.4 Å². The molecule has 0 spiro atoms. The lowest BCUT2D eigenvalue weighted by Crippen LogP contribution is -2.13. The zero-order chi connectivity index (χ0) is 12.1. The Balaban J connectivity index is 2.02. The van der Waals surface area contributed by atoms with Crippen LogP contribution in [0.2, 0.25) is 0 Å². The van der Waals surface area contributed by atoms with Crippen molar-refractivity contribution in [2.45, 2.75) is 12.8 Å². The van der Waals surface area contributed by atoms with E-state index in [0.717, 1.165) is 42.9 Å². The predicted octanol–water partition coefficient (Wildman–Crippen LogP) is 2.37. The lowest BCUT2D eigenvalue weighted by molar-refractivity contribution is 0.166. The molecule has 94 valence electrons. The molecule has 1 fully saturated rings. The third-order valence-corrected chi connectivity index (χ3v) is 3.57. The summed E-state index contributed by atoms with van der Waals surface area (Å²) in [5, 5.41) is 0. The number of rotatable bonds is 5. The minimum atomic E-state index is 0.521. The first-order valence-corrected chi connectivity index (χ1v) is 6.78. The van der Waals surface area contributed by atoms with Crippen LogP contribution in [0.3, 0.4) is 0 Å². The fourth-order valence-electron chi connectivity index (χ4n) is 1.98. The molecule has 0 bridgehead atoms. The molecule has 0 radical (unpaired) electrons. The van der Waals surface area contributed by atoms with E-state index in [1.165, 1.54) is 5.56 Å². The van der Waals surface area contributed by atoms with Crippen LogP contribution >= 0.6 is 15.9 Å². The van der Waals surface area contributed by atoms with E-state index in [1.54, 1.807) is 0 Å². The van der Waals surface area contributed by atoms with Gasteiger partial charge in [0.25, 0.3) is 0 Å². The van der Waals surface area contributed by atoms with Crippen LogP contribution < -0.4 is 10.5 Å². The quantitative estimate of drug-likeness (QED) is 0.908. The average molecular weight is 300 g/mol. The highest BCUT2D eigenvalue weighted by Gasteiger charge is 2.17. The second-order valence-corrected chi connectivity index (χ2v) is 5.16. The van der Waals surface area contributed by atoms with Gasteiger partial charge in [-0.1, -0.05) is 12.1 Å². The molecule has 0 aromatic heterocycles. The van der Waals surface area contributed by atoms with Crippen LogP contribution in [-0.2, 0) is 11.2 Å². The molecule has 1 aliphatic rings. The zero-order valence-electron chi connectivity index (χ0n) is 9.82. The average Bonchev–Trinajstić information content (AvgIpc) is 2.82. The maximum atomic E-state index is 5.92. The Morgan fingerprint density at radius 2 is 2.35 bits per heavy atom. The smallest absolute Gasteiger partial charge is 0.136 e. The Hall–Kier alpha value is -0.580. The van der Waals surface area contributed by atoms with Crippen LogP contribution in [0.5, 0.6) is 5.75 Å². The normalized spacial score (nSPS) is 19.5. The van der Waals surface area contributed by atoms with E-state index in [4.69, 9.17) is 15.2 Å². The topological polar surface area (TPSA) is 44.5 Å². The van der Waals surface area contributed by atoms with Crippen molar-refractivity contribution in [3.05, 3.63) is 28.2 Å².